The Labute approximate surface area is 86.0 Å². The van der Waals surface area contributed by atoms with Gasteiger partial charge in [-0.2, -0.15) is 0 Å². The van der Waals surface area contributed by atoms with Crippen molar-refractivity contribution in [2.45, 2.75) is 6.92 Å². The van der Waals surface area contributed by atoms with E-state index in [4.69, 9.17) is 4.74 Å². The van der Waals surface area contributed by atoms with Gasteiger partial charge in [-0.1, -0.05) is 6.07 Å². The molecule has 1 aromatic rings. The van der Waals surface area contributed by atoms with E-state index in [9.17, 15) is 13.6 Å². The standard InChI is InChI=1S/C10H11F2NO2/c1-2-15-6-9(14)13-8-5-3-4-7(11)10(8)12/h3-5H,2,6H2,1H3,(H,13,14). The number of nitrogens with one attached hydrogen (secondary N) is 1. The number of ether oxygens (including phenoxy) is 1. The van der Waals surface area contributed by atoms with E-state index in [1.807, 2.05) is 0 Å². The second kappa shape index (κ2) is 5.41. The molecule has 0 fully saturated rings. The fourth-order valence-corrected chi connectivity index (χ4v) is 0.981. The van der Waals surface area contributed by atoms with Crippen LogP contribution in [0.15, 0.2) is 18.2 Å². The summed E-state index contributed by atoms with van der Waals surface area (Å²) >= 11 is 0. The predicted molar refractivity (Wildman–Crippen MR) is 51.5 cm³/mol. The number of hydrogen-bond donors (Lipinski definition) is 1. The molecule has 1 aromatic carbocycles. The summed E-state index contributed by atoms with van der Waals surface area (Å²) in [5.41, 5.74) is -0.181. The van der Waals surface area contributed by atoms with Crippen LogP contribution in [-0.2, 0) is 9.53 Å². The SMILES string of the molecule is CCOCC(=O)Nc1cccc(F)c1F. The highest BCUT2D eigenvalue weighted by Crippen LogP contribution is 2.16. The van der Waals surface area contributed by atoms with Crippen molar-refractivity contribution in [3.05, 3.63) is 29.8 Å². The molecule has 5 heteroatoms. The zero-order valence-corrected chi connectivity index (χ0v) is 8.22. The molecule has 0 heterocycles. The number of amides is 1. The fraction of sp³-hybridized carbons (Fsp3) is 0.300. The highest BCUT2D eigenvalue weighted by molar-refractivity contribution is 5.91. The number of halogens is 2. The summed E-state index contributed by atoms with van der Waals surface area (Å²) in [5.74, 6) is -2.58. The first-order chi connectivity index (χ1) is 7.15. The molecule has 15 heavy (non-hydrogen) atoms. The fourth-order valence-electron chi connectivity index (χ4n) is 0.981. The molecule has 0 aliphatic heterocycles. The van der Waals surface area contributed by atoms with E-state index < -0.39 is 17.5 Å². The van der Waals surface area contributed by atoms with Crippen molar-refractivity contribution >= 4 is 11.6 Å². The van der Waals surface area contributed by atoms with Crippen molar-refractivity contribution in [3.8, 4) is 0 Å². The van der Waals surface area contributed by atoms with Crippen molar-refractivity contribution in [3.63, 3.8) is 0 Å². The van der Waals surface area contributed by atoms with Crippen LogP contribution in [0.1, 0.15) is 6.92 Å². The van der Waals surface area contributed by atoms with Gasteiger partial charge in [-0.15, -0.1) is 0 Å². The average Bonchev–Trinajstić information content (AvgIpc) is 2.22. The van der Waals surface area contributed by atoms with E-state index >= 15 is 0 Å². The van der Waals surface area contributed by atoms with Gasteiger partial charge >= 0.3 is 0 Å². The third kappa shape index (κ3) is 3.28. The number of carbonyl (C=O) groups is 1. The lowest BCUT2D eigenvalue weighted by atomic mass is 10.3. The molecule has 0 aliphatic rings. The monoisotopic (exact) mass is 215 g/mol. The maximum absolute atomic E-state index is 13.1. The number of rotatable bonds is 4. The molecule has 1 rings (SSSR count). The first-order valence-corrected chi connectivity index (χ1v) is 4.46. The van der Waals surface area contributed by atoms with Gasteiger partial charge in [0, 0.05) is 6.61 Å². The third-order valence-electron chi connectivity index (χ3n) is 1.66. The van der Waals surface area contributed by atoms with Crippen LogP contribution < -0.4 is 5.32 Å². The predicted octanol–water partition coefficient (Wildman–Crippen LogP) is 1.94. The van der Waals surface area contributed by atoms with Gasteiger partial charge in [0.15, 0.2) is 11.6 Å². The van der Waals surface area contributed by atoms with Crippen molar-refractivity contribution < 1.29 is 18.3 Å². The molecular formula is C10H11F2NO2. The van der Waals surface area contributed by atoms with Crippen molar-refractivity contribution in [1.29, 1.82) is 0 Å². The van der Waals surface area contributed by atoms with Crippen molar-refractivity contribution in [2.24, 2.45) is 0 Å². The Balaban J connectivity index is 2.64. The van der Waals surface area contributed by atoms with E-state index in [1.165, 1.54) is 12.1 Å². The third-order valence-corrected chi connectivity index (χ3v) is 1.66. The van der Waals surface area contributed by atoms with Gasteiger partial charge < -0.3 is 10.1 Å². The van der Waals surface area contributed by atoms with Crippen molar-refractivity contribution in [1.82, 2.24) is 0 Å². The summed E-state index contributed by atoms with van der Waals surface area (Å²) in [6.07, 6.45) is 0. The maximum Gasteiger partial charge on any atom is 0.250 e. The topological polar surface area (TPSA) is 38.3 Å². The molecule has 1 N–H and O–H groups in total. The molecule has 0 aliphatic carbocycles. The second-order valence-electron chi connectivity index (χ2n) is 2.79. The van der Waals surface area contributed by atoms with Gasteiger partial charge in [-0.25, -0.2) is 8.78 Å². The summed E-state index contributed by atoms with van der Waals surface area (Å²) in [6, 6.07) is 3.57. The van der Waals surface area contributed by atoms with E-state index in [1.54, 1.807) is 6.92 Å². The van der Waals surface area contributed by atoms with Gasteiger partial charge in [-0.05, 0) is 19.1 Å². The molecule has 0 radical (unpaired) electrons. The average molecular weight is 215 g/mol. The van der Waals surface area contributed by atoms with E-state index in [0.717, 1.165) is 6.07 Å². The Morgan fingerprint density at radius 2 is 2.20 bits per heavy atom. The highest BCUT2D eigenvalue weighted by atomic mass is 19.2. The summed E-state index contributed by atoms with van der Waals surface area (Å²) in [5, 5.41) is 2.21. The van der Waals surface area contributed by atoms with E-state index in [-0.39, 0.29) is 12.3 Å². The van der Waals surface area contributed by atoms with Crippen LogP contribution in [0, 0.1) is 11.6 Å². The Kier molecular flexibility index (Phi) is 4.17. The van der Waals surface area contributed by atoms with Gasteiger partial charge in [0.1, 0.15) is 6.61 Å². The summed E-state index contributed by atoms with van der Waals surface area (Å²) in [4.78, 5) is 11.1. The van der Waals surface area contributed by atoms with Crippen LogP contribution >= 0.6 is 0 Å². The highest BCUT2D eigenvalue weighted by Gasteiger charge is 2.10. The van der Waals surface area contributed by atoms with Crippen LogP contribution in [0.4, 0.5) is 14.5 Å². The second-order valence-corrected chi connectivity index (χ2v) is 2.79. The molecule has 0 unspecified atom stereocenters. The number of hydrogen-bond acceptors (Lipinski definition) is 2. The smallest absolute Gasteiger partial charge is 0.250 e. The number of benzene rings is 1. The molecular weight excluding hydrogens is 204 g/mol. The molecule has 0 aromatic heterocycles. The quantitative estimate of drug-likeness (QED) is 0.833. The molecule has 0 atom stereocenters. The molecule has 3 nitrogen and oxygen atoms in total. The largest absolute Gasteiger partial charge is 0.372 e. The minimum absolute atomic E-state index is 0.174. The van der Waals surface area contributed by atoms with Crippen LogP contribution in [-0.4, -0.2) is 19.1 Å². The Bertz CT molecular complexity index is 355. The Hall–Kier alpha value is -1.49. The van der Waals surface area contributed by atoms with Gasteiger partial charge in [0.25, 0.3) is 0 Å². The lowest BCUT2D eigenvalue weighted by Crippen LogP contribution is -2.19. The summed E-state index contributed by atoms with van der Waals surface area (Å²) < 4.78 is 30.6. The lowest BCUT2D eigenvalue weighted by Gasteiger charge is -2.06. The molecule has 82 valence electrons. The molecule has 0 bridgehead atoms. The normalized spacial score (nSPS) is 10.1. The van der Waals surface area contributed by atoms with Crippen LogP contribution in [0.25, 0.3) is 0 Å². The zero-order chi connectivity index (χ0) is 11.3. The lowest BCUT2D eigenvalue weighted by molar-refractivity contribution is -0.120. The van der Waals surface area contributed by atoms with Gasteiger partial charge in [0.2, 0.25) is 5.91 Å². The molecule has 0 saturated carbocycles. The Morgan fingerprint density at radius 3 is 2.87 bits per heavy atom. The van der Waals surface area contributed by atoms with Crippen LogP contribution in [0.2, 0.25) is 0 Å². The minimum Gasteiger partial charge on any atom is -0.372 e. The van der Waals surface area contributed by atoms with Crippen LogP contribution in [0.3, 0.4) is 0 Å². The minimum atomic E-state index is -1.07. The van der Waals surface area contributed by atoms with Gasteiger partial charge in [-0.3, -0.25) is 4.79 Å². The first-order valence-electron chi connectivity index (χ1n) is 4.46. The van der Waals surface area contributed by atoms with Crippen molar-refractivity contribution in [2.75, 3.05) is 18.5 Å². The summed E-state index contributed by atoms with van der Waals surface area (Å²) in [6.45, 7) is 1.95. The number of carbonyl (C=O) groups excluding carboxylic acids is 1. The molecule has 0 spiro atoms. The Morgan fingerprint density at radius 1 is 1.47 bits per heavy atom. The number of anilines is 1. The van der Waals surface area contributed by atoms with Gasteiger partial charge in [0.05, 0.1) is 5.69 Å². The molecule has 0 saturated heterocycles. The van der Waals surface area contributed by atoms with E-state index in [0.29, 0.717) is 6.61 Å². The molecule has 1 amide bonds. The zero-order valence-electron chi connectivity index (χ0n) is 8.22. The first kappa shape index (κ1) is 11.6. The van der Waals surface area contributed by atoms with Crippen LogP contribution in [0.5, 0.6) is 0 Å². The van der Waals surface area contributed by atoms with E-state index in [2.05, 4.69) is 5.32 Å². The maximum atomic E-state index is 13.1. The summed E-state index contributed by atoms with van der Waals surface area (Å²) in [7, 11) is 0.